The first kappa shape index (κ1) is 18.2. The second kappa shape index (κ2) is 10.6. The molecule has 0 heterocycles. The van der Waals surface area contributed by atoms with Crippen molar-refractivity contribution in [1.29, 1.82) is 0 Å². The molecule has 0 unspecified atom stereocenters. The highest BCUT2D eigenvalue weighted by Gasteiger charge is 2.11. The minimum Gasteiger partial charge on any atom is -0.383 e. The lowest BCUT2D eigenvalue weighted by atomic mass is 10.1. The van der Waals surface area contributed by atoms with Crippen LogP contribution in [0, 0.1) is 0 Å². The van der Waals surface area contributed by atoms with E-state index in [1.54, 1.807) is 7.11 Å². The summed E-state index contributed by atoms with van der Waals surface area (Å²) in [5.41, 5.74) is 2.43. The third kappa shape index (κ3) is 6.94. The number of carbonyl (C=O) groups excluding carboxylic acids is 1. The van der Waals surface area contributed by atoms with Gasteiger partial charge in [-0.3, -0.25) is 9.69 Å². The molecule has 2 aromatic carbocycles. The molecular formula is C20H26N2O2. The highest BCUT2D eigenvalue weighted by atomic mass is 16.5. The average Bonchev–Trinajstić information content (AvgIpc) is 2.61. The van der Waals surface area contributed by atoms with Gasteiger partial charge in [0.15, 0.2) is 0 Å². The van der Waals surface area contributed by atoms with Gasteiger partial charge in [0.2, 0.25) is 5.91 Å². The van der Waals surface area contributed by atoms with Crippen LogP contribution in [-0.2, 0) is 22.5 Å². The summed E-state index contributed by atoms with van der Waals surface area (Å²) >= 11 is 0. The summed E-state index contributed by atoms with van der Waals surface area (Å²) in [4.78, 5) is 14.3. The largest absolute Gasteiger partial charge is 0.383 e. The maximum Gasteiger partial charge on any atom is 0.234 e. The van der Waals surface area contributed by atoms with Crippen molar-refractivity contribution < 1.29 is 9.53 Å². The topological polar surface area (TPSA) is 41.6 Å². The molecule has 0 aliphatic carbocycles. The van der Waals surface area contributed by atoms with E-state index in [4.69, 9.17) is 4.74 Å². The van der Waals surface area contributed by atoms with Crippen molar-refractivity contribution >= 4 is 5.91 Å². The van der Waals surface area contributed by atoms with Gasteiger partial charge in [0.25, 0.3) is 0 Å². The van der Waals surface area contributed by atoms with Gasteiger partial charge in [-0.15, -0.1) is 0 Å². The molecule has 1 N–H and O–H groups in total. The molecule has 128 valence electrons. The number of nitrogens with zero attached hydrogens (tertiary/aromatic N) is 1. The molecule has 0 fully saturated rings. The van der Waals surface area contributed by atoms with Crippen molar-refractivity contribution in [3.8, 4) is 0 Å². The number of methoxy groups -OCH3 is 1. The molecular weight excluding hydrogens is 300 g/mol. The molecule has 0 aliphatic heterocycles. The number of nitrogens with one attached hydrogen (secondary N) is 1. The fraction of sp³-hybridized carbons (Fsp3) is 0.350. The zero-order valence-electron chi connectivity index (χ0n) is 14.3. The van der Waals surface area contributed by atoms with Crippen LogP contribution in [0.5, 0.6) is 0 Å². The molecule has 0 bridgehead atoms. The standard InChI is InChI=1S/C20H26N2O2/c1-24-15-14-22(16-19-10-6-3-7-11-19)17-20(23)21-13-12-18-8-4-2-5-9-18/h2-11H,12-17H2,1H3,(H,21,23). The second-order valence-corrected chi connectivity index (χ2v) is 5.77. The summed E-state index contributed by atoms with van der Waals surface area (Å²) in [6, 6.07) is 20.4. The molecule has 0 aliphatic rings. The van der Waals surface area contributed by atoms with Crippen molar-refractivity contribution in [2.24, 2.45) is 0 Å². The molecule has 4 heteroatoms. The molecule has 0 radical (unpaired) electrons. The van der Waals surface area contributed by atoms with E-state index in [9.17, 15) is 4.79 Å². The van der Waals surface area contributed by atoms with Crippen LogP contribution < -0.4 is 5.32 Å². The predicted molar refractivity (Wildman–Crippen MR) is 96.8 cm³/mol. The Morgan fingerprint density at radius 3 is 2.25 bits per heavy atom. The Kier molecular flexibility index (Phi) is 8.01. The van der Waals surface area contributed by atoms with E-state index < -0.39 is 0 Å². The number of rotatable bonds is 10. The number of ether oxygens (including phenoxy) is 1. The van der Waals surface area contributed by atoms with Gasteiger partial charge >= 0.3 is 0 Å². The molecule has 1 amide bonds. The molecule has 0 spiro atoms. The van der Waals surface area contributed by atoms with Crippen LogP contribution in [0.25, 0.3) is 0 Å². The second-order valence-electron chi connectivity index (χ2n) is 5.77. The smallest absolute Gasteiger partial charge is 0.234 e. The Balaban J connectivity index is 1.78. The van der Waals surface area contributed by atoms with Crippen molar-refractivity contribution in [3.63, 3.8) is 0 Å². The molecule has 2 aromatic rings. The van der Waals surface area contributed by atoms with E-state index in [-0.39, 0.29) is 5.91 Å². The molecule has 2 rings (SSSR count). The maximum absolute atomic E-state index is 12.2. The van der Waals surface area contributed by atoms with Crippen LogP contribution in [0.1, 0.15) is 11.1 Å². The SMILES string of the molecule is COCCN(CC(=O)NCCc1ccccc1)Cc1ccccc1. The molecule has 0 saturated heterocycles. The van der Waals surface area contributed by atoms with Crippen LogP contribution in [0.3, 0.4) is 0 Å². The van der Waals surface area contributed by atoms with E-state index in [0.717, 1.165) is 19.5 Å². The first-order chi connectivity index (χ1) is 11.8. The lowest BCUT2D eigenvalue weighted by Gasteiger charge is -2.21. The van der Waals surface area contributed by atoms with Crippen LogP contribution in [0.2, 0.25) is 0 Å². The predicted octanol–water partition coefficient (Wildman–Crippen LogP) is 2.49. The van der Waals surface area contributed by atoms with Crippen LogP contribution in [0.15, 0.2) is 60.7 Å². The summed E-state index contributed by atoms with van der Waals surface area (Å²) in [5.74, 6) is 0.0537. The lowest BCUT2D eigenvalue weighted by Crippen LogP contribution is -2.39. The molecule has 4 nitrogen and oxygen atoms in total. The molecule has 0 aromatic heterocycles. The highest BCUT2D eigenvalue weighted by Crippen LogP contribution is 2.04. The molecule has 0 saturated carbocycles. The fourth-order valence-electron chi connectivity index (χ4n) is 2.53. The third-order valence-corrected chi connectivity index (χ3v) is 3.81. The number of amides is 1. The Morgan fingerprint density at radius 2 is 1.62 bits per heavy atom. The van der Waals surface area contributed by atoms with Gasteiger partial charge in [0.1, 0.15) is 0 Å². The van der Waals surface area contributed by atoms with Crippen LogP contribution in [0.4, 0.5) is 0 Å². The Hall–Kier alpha value is -2.17. The van der Waals surface area contributed by atoms with Gasteiger partial charge in [-0.2, -0.15) is 0 Å². The Bertz CT molecular complexity index is 587. The highest BCUT2D eigenvalue weighted by molar-refractivity contribution is 5.78. The minimum atomic E-state index is 0.0537. The van der Waals surface area contributed by atoms with E-state index in [1.807, 2.05) is 36.4 Å². The van der Waals surface area contributed by atoms with E-state index in [1.165, 1.54) is 11.1 Å². The van der Waals surface area contributed by atoms with E-state index >= 15 is 0 Å². The normalized spacial score (nSPS) is 10.8. The zero-order chi connectivity index (χ0) is 17.0. The Morgan fingerprint density at radius 1 is 1.00 bits per heavy atom. The monoisotopic (exact) mass is 326 g/mol. The van der Waals surface area contributed by atoms with Crippen molar-refractivity contribution in [1.82, 2.24) is 10.2 Å². The number of hydrogen-bond donors (Lipinski definition) is 1. The first-order valence-corrected chi connectivity index (χ1v) is 8.34. The number of hydrogen-bond acceptors (Lipinski definition) is 3. The van der Waals surface area contributed by atoms with Gasteiger partial charge in [-0.1, -0.05) is 60.7 Å². The summed E-state index contributed by atoms with van der Waals surface area (Å²) in [5, 5.41) is 3.00. The summed E-state index contributed by atoms with van der Waals surface area (Å²) in [6.07, 6.45) is 0.851. The molecule has 24 heavy (non-hydrogen) atoms. The minimum absolute atomic E-state index is 0.0537. The van der Waals surface area contributed by atoms with E-state index in [2.05, 4.69) is 34.5 Å². The average molecular weight is 326 g/mol. The van der Waals surface area contributed by atoms with Gasteiger partial charge in [0, 0.05) is 26.7 Å². The quantitative estimate of drug-likeness (QED) is 0.729. The van der Waals surface area contributed by atoms with Gasteiger partial charge in [-0.25, -0.2) is 0 Å². The number of carbonyl (C=O) groups is 1. The van der Waals surface area contributed by atoms with Gasteiger partial charge in [0.05, 0.1) is 13.2 Å². The first-order valence-electron chi connectivity index (χ1n) is 8.34. The van der Waals surface area contributed by atoms with E-state index in [0.29, 0.717) is 19.7 Å². The fourth-order valence-corrected chi connectivity index (χ4v) is 2.53. The maximum atomic E-state index is 12.2. The zero-order valence-corrected chi connectivity index (χ0v) is 14.3. The van der Waals surface area contributed by atoms with Gasteiger partial charge in [-0.05, 0) is 17.5 Å². The molecule has 0 atom stereocenters. The summed E-state index contributed by atoms with van der Waals surface area (Å²) < 4.78 is 5.16. The van der Waals surface area contributed by atoms with Crippen LogP contribution >= 0.6 is 0 Å². The summed E-state index contributed by atoms with van der Waals surface area (Å²) in [6.45, 7) is 3.14. The van der Waals surface area contributed by atoms with Gasteiger partial charge < -0.3 is 10.1 Å². The number of benzene rings is 2. The third-order valence-electron chi connectivity index (χ3n) is 3.81. The Labute approximate surface area is 144 Å². The lowest BCUT2D eigenvalue weighted by molar-refractivity contribution is -0.122. The van der Waals surface area contributed by atoms with Crippen molar-refractivity contribution in [3.05, 3.63) is 71.8 Å². The van der Waals surface area contributed by atoms with Crippen LogP contribution in [-0.4, -0.2) is 44.2 Å². The summed E-state index contributed by atoms with van der Waals surface area (Å²) in [7, 11) is 1.68. The van der Waals surface area contributed by atoms with Crippen molar-refractivity contribution in [2.75, 3.05) is 33.4 Å². The van der Waals surface area contributed by atoms with Crippen molar-refractivity contribution in [2.45, 2.75) is 13.0 Å².